The van der Waals surface area contributed by atoms with E-state index >= 15 is 0 Å². The molecule has 92 valence electrons. The Morgan fingerprint density at radius 1 is 1.18 bits per heavy atom. The van der Waals surface area contributed by atoms with E-state index in [1.807, 2.05) is 6.92 Å². The van der Waals surface area contributed by atoms with Gasteiger partial charge in [0, 0.05) is 6.42 Å². The van der Waals surface area contributed by atoms with E-state index in [0.29, 0.717) is 12.2 Å². The molecule has 1 heteroatoms. The minimum absolute atomic E-state index is 0.00245. The lowest BCUT2D eigenvalue weighted by Crippen LogP contribution is -2.11. The fraction of sp³-hybridized carbons (Fsp3) is 0.562. The summed E-state index contributed by atoms with van der Waals surface area (Å²) < 4.78 is 0. The first-order valence-electron chi connectivity index (χ1n) is 6.41. The molecule has 0 radical (unpaired) electrons. The van der Waals surface area contributed by atoms with Gasteiger partial charge in [0.1, 0.15) is 0 Å². The van der Waals surface area contributed by atoms with Crippen molar-refractivity contribution in [3.63, 3.8) is 0 Å². The van der Waals surface area contributed by atoms with Crippen LogP contribution in [-0.4, -0.2) is 5.78 Å². The van der Waals surface area contributed by atoms with Crippen molar-refractivity contribution in [1.82, 2.24) is 0 Å². The van der Waals surface area contributed by atoms with E-state index in [-0.39, 0.29) is 5.92 Å². The van der Waals surface area contributed by atoms with Gasteiger partial charge in [0.25, 0.3) is 0 Å². The van der Waals surface area contributed by atoms with Crippen LogP contribution in [0.1, 0.15) is 53.9 Å². The van der Waals surface area contributed by atoms with Crippen LogP contribution in [0.25, 0.3) is 0 Å². The SMILES string of the molecule is CC#CCC1C(=O)C(CC)=C(CC)C1=C(C)C. The number of carbonyl (C=O) groups is 1. The predicted octanol–water partition coefficient (Wildman–Crippen LogP) is 4.05. The second kappa shape index (κ2) is 5.87. The molecule has 0 aromatic rings. The molecule has 0 saturated heterocycles. The molecule has 1 aliphatic carbocycles. The standard InChI is InChI=1S/C16H22O/c1-6-9-10-14-15(11(4)5)12(7-2)13(8-3)16(14)17/h14H,7-8,10H2,1-5H3. The Labute approximate surface area is 105 Å². The minimum Gasteiger partial charge on any atom is -0.294 e. The van der Waals surface area contributed by atoms with E-state index < -0.39 is 0 Å². The van der Waals surface area contributed by atoms with Crippen LogP contribution in [-0.2, 0) is 4.79 Å². The summed E-state index contributed by atoms with van der Waals surface area (Å²) in [7, 11) is 0. The van der Waals surface area contributed by atoms with Gasteiger partial charge in [0.05, 0.1) is 5.92 Å². The molecule has 0 fully saturated rings. The highest BCUT2D eigenvalue weighted by Gasteiger charge is 2.35. The first-order chi connectivity index (χ1) is 8.08. The highest BCUT2D eigenvalue weighted by molar-refractivity contribution is 6.05. The molecule has 0 saturated carbocycles. The average molecular weight is 230 g/mol. The van der Waals surface area contributed by atoms with Gasteiger partial charge in [-0.15, -0.1) is 11.8 Å². The molecule has 0 spiro atoms. The lowest BCUT2D eigenvalue weighted by atomic mass is 9.90. The third-order valence-electron chi connectivity index (χ3n) is 3.38. The zero-order valence-electron chi connectivity index (χ0n) is 11.6. The number of hydrogen-bond acceptors (Lipinski definition) is 1. The topological polar surface area (TPSA) is 17.1 Å². The molecule has 17 heavy (non-hydrogen) atoms. The van der Waals surface area contributed by atoms with Crippen LogP contribution in [0, 0.1) is 17.8 Å². The summed E-state index contributed by atoms with van der Waals surface area (Å²) in [5, 5.41) is 0. The molecule has 0 amide bonds. The van der Waals surface area contributed by atoms with Crippen molar-refractivity contribution in [3.05, 3.63) is 22.3 Å². The van der Waals surface area contributed by atoms with Crippen LogP contribution >= 0.6 is 0 Å². The second-order valence-corrected chi connectivity index (χ2v) is 4.63. The maximum atomic E-state index is 12.4. The quantitative estimate of drug-likeness (QED) is 0.668. The predicted molar refractivity (Wildman–Crippen MR) is 72.5 cm³/mol. The summed E-state index contributed by atoms with van der Waals surface area (Å²) in [6, 6.07) is 0. The first-order valence-corrected chi connectivity index (χ1v) is 6.41. The molecule has 1 unspecified atom stereocenters. The van der Waals surface area contributed by atoms with Gasteiger partial charge >= 0.3 is 0 Å². The molecule has 0 heterocycles. The van der Waals surface area contributed by atoms with Crippen LogP contribution in [0.5, 0.6) is 0 Å². The number of carbonyl (C=O) groups excluding carboxylic acids is 1. The van der Waals surface area contributed by atoms with E-state index in [2.05, 4.69) is 39.5 Å². The lowest BCUT2D eigenvalue weighted by Gasteiger charge is -2.12. The Morgan fingerprint density at radius 2 is 1.76 bits per heavy atom. The molecular formula is C16H22O. The molecule has 0 aromatic heterocycles. The molecule has 1 rings (SSSR count). The van der Waals surface area contributed by atoms with E-state index in [4.69, 9.17) is 0 Å². The fourth-order valence-electron chi connectivity index (χ4n) is 2.70. The summed E-state index contributed by atoms with van der Waals surface area (Å²) >= 11 is 0. The van der Waals surface area contributed by atoms with Gasteiger partial charge in [-0.3, -0.25) is 4.79 Å². The third-order valence-corrected chi connectivity index (χ3v) is 3.38. The van der Waals surface area contributed by atoms with Gasteiger partial charge in [-0.2, -0.15) is 0 Å². The number of hydrogen-bond donors (Lipinski definition) is 0. The lowest BCUT2D eigenvalue weighted by molar-refractivity contribution is -0.117. The van der Waals surface area contributed by atoms with Gasteiger partial charge in [0.2, 0.25) is 0 Å². The first kappa shape index (κ1) is 13.8. The van der Waals surface area contributed by atoms with Crippen molar-refractivity contribution < 1.29 is 4.79 Å². The van der Waals surface area contributed by atoms with Crippen molar-refractivity contribution in [3.8, 4) is 11.8 Å². The van der Waals surface area contributed by atoms with E-state index in [9.17, 15) is 4.79 Å². The Hall–Kier alpha value is -1.29. The third kappa shape index (κ3) is 2.52. The molecule has 0 N–H and O–H groups in total. The average Bonchev–Trinajstić information content (AvgIpc) is 2.58. The molecular weight excluding hydrogens is 208 g/mol. The molecule has 0 bridgehead atoms. The Morgan fingerprint density at radius 3 is 2.18 bits per heavy atom. The maximum absolute atomic E-state index is 12.4. The summed E-state index contributed by atoms with van der Waals surface area (Å²) in [5.74, 6) is 6.27. The summed E-state index contributed by atoms with van der Waals surface area (Å²) in [6.45, 7) is 10.2. The van der Waals surface area contributed by atoms with Gasteiger partial charge in [-0.05, 0) is 50.3 Å². The Balaban J connectivity index is 3.25. The van der Waals surface area contributed by atoms with E-state index in [1.165, 1.54) is 16.7 Å². The van der Waals surface area contributed by atoms with Crippen molar-refractivity contribution in [1.29, 1.82) is 0 Å². The minimum atomic E-state index is -0.00245. The van der Waals surface area contributed by atoms with Crippen molar-refractivity contribution in [2.45, 2.75) is 53.9 Å². The van der Waals surface area contributed by atoms with E-state index in [0.717, 1.165) is 18.4 Å². The molecule has 0 aromatic carbocycles. The number of ketones is 1. The van der Waals surface area contributed by atoms with Crippen molar-refractivity contribution in [2.24, 2.45) is 5.92 Å². The number of allylic oxidation sites excluding steroid dienone is 4. The zero-order chi connectivity index (χ0) is 13.0. The normalized spacial score (nSPS) is 19.5. The smallest absolute Gasteiger partial charge is 0.167 e. The van der Waals surface area contributed by atoms with Crippen LogP contribution < -0.4 is 0 Å². The summed E-state index contributed by atoms with van der Waals surface area (Å²) in [4.78, 5) is 12.4. The van der Waals surface area contributed by atoms with Gasteiger partial charge in [-0.1, -0.05) is 19.4 Å². The van der Waals surface area contributed by atoms with Crippen LogP contribution in [0.4, 0.5) is 0 Å². The molecule has 1 nitrogen and oxygen atoms in total. The highest BCUT2D eigenvalue weighted by atomic mass is 16.1. The molecule has 0 aliphatic heterocycles. The Bertz CT molecular complexity index is 434. The largest absolute Gasteiger partial charge is 0.294 e. The highest BCUT2D eigenvalue weighted by Crippen LogP contribution is 2.40. The fourth-order valence-corrected chi connectivity index (χ4v) is 2.70. The van der Waals surface area contributed by atoms with Crippen LogP contribution in [0.2, 0.25) is 0 Å². The van der Waals surface area contributed by atoms with E-state index in [1.54, 1.807) is 0 Å². The number of rotatable bonds is 3. The van der Waals surface area contributed by atoms with Crippen LogP contribution in [0.15, 0.2) is 22.3 Å². The summed E-state index contributed by atoms with van der Waals surface area (Å²) in [5.41, 5.74) is 4.84. The van der Waals surface area contributed by atoms with Gasteiger partial charge in [0.15, 0.2) is 5.78 Å². The molecule has 1 atom stereocenters. The van der Waals surface area contributed by atoms with Gasteiger partial charge < -0.3 is 0 Å². The van der Waals surface area contributed by atoms with Gasteiger partial charge in [-0.25, -0.2) is 0 Å². The number of Topliss-reactive ketones (excluding diaryl/α,β-unsaturated/α-hetero) is 1. The van der Waals surface area contributed by atoms with Crippen molar-refractivity contribution in [2.75, 3.05) is 0 Å². The van der Waals surface area contributed by atoms with Crippen LogP contribution in [0.3, 0.4) is 0 Å². The second-order valence-electron chi connectivity index (χ2n) is 4.63. The summed E-state index contributed by atoms with van der Waals surface area (Å²) in [6.07, 6.45) is 2.46. The van der Waals surface area contributed by atoms with Crippen molar-refractivity contribution >= 4 is 5.78 Å². The zero-order valence-corrected chi connectivity index (χ0v) is 11.6. The Kier molecular flexibility index (Phi) is 4.75. The monoisotopic (exact) mass is 230 g/mol. The maximum Gasteiger partial charge on any atom is 0.167 e. The molecule has 1 aliphatic rings.